The number of nitrogens with zero attached hydrogens (tertiary/aromatic N) is 1. The van der Waals surface area contributed by atoms with E-state index in [0.29, 0.717) is 13.0 Å². The summed E-state index contributed by atoms with van der Waals surface area (Å²) in [5.74, 6) is -0.371. The lowest BCUT2D eigenvalue weighted by atomic mass is 9.99. The maximum absolute atomic E-state index is 12.1. The fourth-order valence-corrected chi connectivity index (χ4v) is 2.14. The first-order valence-corrected chi connectivity index (χ1v) is 6.42. The van der Waals surface area contributed by atoms with Gasteiger partial charge in [0.15, 0.2) is 23.0 Å². The molecule has 1 saturated heterocycles. The summed E-state index contributed by atoms with van der Waals surface area (Å²) in [5.41, 5.74) is -1.46. The zero-order chi connectivity index (χ0) is 13.3. The first-order chi connectivity index (χ1) is 7.70. The van der Waals surface area contributed by atoms with Crippen molar-refractivity contribution in [3.8, 4) is 0 Å². The highest BCUT2D eigenvalue weighted by Gasteiger charge is 2.48. The normalized spacial score (nSPS) is 24.6. The van der Waals surface area contributed by atoms with Crippen LogP contribution in [0.2, 0.25) is 0 Å². The van der Waals surface area contributed by atoms with Gasteiger partial charge in [-0.25, -0.2) is 9.59 Å². The second-order valence-electron chi connectivity index (χ2n) is 5.37. The van der Waals surface area contributed by atoms with Crippen molar-refractivity contribution >= 4 is 35.1 Å². The largest absolute Gasteiger partial charge is 0.458 e. The second-order valence-corrected chi connectivity index (χ2v) is 5.81. The van der Waals surface area contributed by atoms with Crippen LogP contribution in [-0.4, -0.2) is 34.6 Å². The van der Waals surface area contributed by atoms with Crippen LogP contribution in [0, 0.1) is 0 Å². The maximum atomic E-state index is 12.1. The molecule has 0 bridgehead atoms. The molecule has 1 unspecified atom stereocenters. The third kappa shape index (κ3) is 3.23. The van der Waals surface area contributed by atoms with Crippen molar-refractivity contribution in [2.45, 2.75) is 51.7 Å². The Balaban J connectivity index is 2.85. The minimum absolute atomic E-state index is 0.371. The molecule has 1 aliphatic heterocycles. The monoisotopic (exact) mass is 355 g/mol. The van der Waals surface area contributed by atoms with E-state index < -0.39 is 17.2 Å². The van der Waals surface area contributed by atoms with Gasteiger partial charge in [-0.2, -0.15) is 0 Å². The number of likely N-dealkylation sites (tertiary alicyclic amines) is 1. The van der Waals surface area contributed by atoms with Gasteiger partial charge in [0, 0.05) is 6.54 Å². The van der Waals surface area contributed by atoms with E-state index in [1.165, 1.54) is 27.9 Å². The molecule has 1 rings (SSSR count). The van der Waals surface area contributed by atoms with Crippen molar-refractivity contribution in [2.24, 2.45) is 0 Å². The molecule has 0 aliphatic carbocycles. The summed E-state index contributed by atoms with van der Waals surface area (Å²) in [7, 11) is 0. The zero-order valence-electron chi connectivity index (χ0n) is 10.6. The minimum atomic E-state index is -0.907. The molecular weight excluding hydrogens is 337 g/mol. The molecule has 1 heterocycles. The van der Waals surface area contributed by atoms with Crippen LogP contribution in [0.1, 0.15) is 40.5 Å². The minimum Gasteiger partial charge on any atom is -0.458 e. The second kappa shape index (κ2) is 4.99. The van der Waals surface area contributed by atoms with Gasteiger partial charge in [0.05, 0.1) is 0 Å². The molecule has 0 N–H and O–H groups in total. The number of hydrogen-bond acceptors (Lipinski definition) is 4. The maximum Gasteiger partial charge on any atom is 0.420 e. The van der Waals surface area contributed by atoms with Crippen LogP contribution in [0.15, 0.2) is 0 Å². The molecule has 5 nitrogen and oxygen atoms in total. The Hall–Kier alpha value is -0.530. The van der Waals surface area contributed by atoms with Gasteiger partial charge in [-0.15, -0.1) is 0 Å². The van der Waals surface area contributed by atoms with E-state index in [0.717, 1.165) is 6.42 Å². The highest BCUT2D eigenvalue weighted by Crippen LogP contribution is 2.32. The number of esters is 1. The third-order valence-electron chi connectivity index (χ3n) is 2.77. The SMILES string of the molecule is CC(C)(C)OC(=O)C1(C)CCCN1C(=O)OI. The van der Waals surface area contributed by atoms with Crippen LogP contribution in [0.25, 0.3) is 0 Å². The fraction of sp³-hybridized carbons (Fsp3) is 0.818. The number of carbonyl (C=O) groups is 2. The van der Waals surface area contributed by atoms with Crippen LogP contribution in [0.5, 0.6) is 0 Å². The molecule has 0 aromatic heterocycles. The molecule has 1 fully saturated rings. The smallest absolute Gasteiger partial charge is 0.420 e. The van der Waals surface area contributed by atoms with Crippen molar-refractivity contribution in [3.05, 3.63) is 0 Å². The van der Waals surface area contributed by atoms with E-state index in [9.17, 15) is 9.59 Å². The quantitative estimate of drug-likeness (QED) is 0.536. The average Bonchev–Trinajstić information content (AvgIpc) is 2.58. The molecule has 98 valence electrons. The number of hydrogen-bond donors (Lipinski definition) is 0. The number of carbonyl (C=O) groups excluding carboxylic acids is 2. The first-order valence-electron chi connectivity index (χ1n) is 5.54. The predicted octanol–water partition coefficient (Wildman–Crippen LogP) is 2.67. The van der Waals surface area contributed by atoms with Gasteiger partial charge in [-0.1, -0.05) is 0 Å². The van der Waals surface area contributed by atoms with Gasteiger partial charge >= 0.3 is 12.1 Å². The summed E-state index contributed by atoms with van der Waals surface area (Å²) in [6, 6.07) is 0. The summed E-state index contributed by atoms with van der Waals surface area (Å²) in [4.78, 5) is 25.2. The lowest BCUT2D eigenvalue weighted by Gasteiger charge is -2.34. The van der Waals surface area contributed by atoms with E-state index >= 15 is 0 Å². The Morgan fingerprint density at radius 3 is 2.41 bits per heavy atom. The van der Waals surface area contributed by atoms with Crippen molar-refractivity contribution < 1.29 is 17.4 Å². The molecule has 0 aromatic rings. The first kappa shape index (κ1) is 14.5. The van der Waals surface area contributed by atoms with Crippen molar-refractivity contribution in [1.82, 2.24) is 4.90 Å². The molecule has 0 spiro atoms. The van der Waals surface area contributed by atoms with Crippen LogP contribution >= 0.6 is 23.0 Å². The summed E-state index contributed by atoms with van der Waals surface area (Å²) < 4.78 is 10.0. The Bertz CT molecular complexity index is 326. The Morgan fingerprint density at radius 1 is 1.35 bits per heavy atom. The molecule has 1 amide bonds. The number of rotatable bonds is 1. The molecule has 1 aliphatic rings. The number of halogens is 1. The average molecular weight is 355 g/mol. The molecule has 0 aromatic carbocycles. The predicted molar refractivity (Wildman–Crippen MR) is 70.7 cm³/mol. The summed E-state index contributed by atoms with van der Waals surface area (Å²) in [6.45, 7) is 7.68. The van der Waals surface area contributed by atoms with E-state index in [1.54, 1.807) is 6.92 Å². The van der Waals surface area contributed by atoms with Crippen molar-refractivity contribution in [3.63, 3.8) is 0 Å². The highest BCUT2D eigenvalue weighted by atomic mass is 127. The van der Waals surface area contributed by atoms with Crippen molar-refractivity contribution in [2.75, 3.05) is 6.54 Å². The lowest BCUT2D eigenvalue weighted by molar-refractivity contribution is -0.166. The number of ether oxygens (including phenoxy) is 1. The van der Waals surface area contributed by atoms with Crippen LogP contribution in [0.3, 0.4) is 0 Å². The summed E-state index contributed by atoms with van der Waals surface area (Å²) >= 11 is 1.53. The Labute approximate surface area is 116 Å². The Kier molecular flexibility index (Phi) is 4.27. The molecule has 0 saturated carbocycles. The van der Waals surface area contributed by atoms with E-state index in [1.807, 2.05) is 20.8 Å². The van der Waals surface area contributed by atoms with Crippen LogP contribution < -0.4 is 0 Å². The Morgan fingerprint density at radius 2 is 1.94 bits per heavy atom. The van der Waals surface area contributed by atoms with Crippen LogP contribution in [-0.2, 0) is 12.6 Å². The number of amides is 1. The van der Waals surface area contributed by atoms with Gasteiger partial charge in [-0.05, 0) is 40.5 Å². The summed E-state index contributed by atoms with van der Waals surface area (Å²) in [5, 5.41) is 0. The molecule has 0 radical (unpaired) electrons. The van der Waals surface area contributed by atoms with E-state index in [-0.39, 0.29) is 5.97 Å². The summed E-state index contributed by atoms with van der Waals surface area (Å²) in [6.07, 6.45) is 0.895. The van der Waals surface area contributed by atoms with E-state index in [4.69, 9.17) is 4.74 Å². The van der Waals surface area contributed by atoms with Crippen molar-refractivity contribution in [1.29, 1.82) is 0 Å². The molecule has 6 heteroatoms. The lowest BCUT2D eigenvalue weighted by Crippen LogP contribution is -2.52. The molecule has 1 atom stereocenters. The van der Waals surface area contributed by atoms with Gasteiger partial charge < -0.3 is 7.80 Å². The highest BCUT2D eigenvalue weighted by molar-refractivity contribution is 14.1. The van der Waals surface area contributed by atoms with Gasteiger partial charge in [0.1, 0.15) is 11.1 Å². The fourth-order valence-electron chi connectivity index (χ4n) is 1.90. The van der Waals surface area contributed by atoms with E-state index in [2.05, 4.69) is 3.07 Å². The zero-order valence-corrected chi connectivity index (χ0v) is 12.7. The topological polar surface area (TPSA) is 55.8 Å². The molecular formula is C11H18INO4. The van der Waals surface area contributed by atoms with Gasteiger partial charge in [0.2, 0.25) is 0 Å². The van der Waals surface area contributed by atoms with Crippen LogP contribution in [0.4, 0.5) is 4.79 Å². The third-order valence-corrected chi connectivity index (χ3v) is 3.14. The van der Waals surface area contributed by atoms with Gasteiger partial charge in [-0.3, -0.25) is 4.90 Å². The van der Waals surface area contributed by atoms with Gasteiger partial charge in [0.25, 0.3) is 0 Å². The standard InChI is InChI=1S/C11H18INO4/c1-10(2,3)16-8(14)11(4)6-5-7-13(11)9(15)17-12/h5-7H2,1-4H3. The molecule has 17 heavy (non-hydrogen) atoms.